The fraction of sp³-hybridized carbons (Fsp3) is 1.00. The SMILES string of the molecule is CCNCC(CC)N(C)CCOCC1CC1. The molecule has 0 heterocycles. The van der Waals surface area contributed by atoms with Gasteiger partial charge in [-0.3, -0.25) is 4.90 Å². The van der Waals surface area contributed by atoms with E-state index < -0.39 is 0 Å². The lowest BCUT2D eigenvalue weighted by Crippen LogP contribution is -2.41. The van der Waals surface area contributed by atoms with Gasteiger partial charge in [0.2, 0.25) is 0 Å². The Bertz CT molecular complexity index is 171. The van der Waals surface area contributed by atoms with Gasteiger partial charge in [0.1, 0.15) is 0 Å². The van der Waals surface area contributed by atoms with Crippen molar-refractivity contribution in [3.05, 3.63) is 0 Å². The standard InChI is InChI=1S/C13H28N2O/c1-4-13(10-14-5-2)15(3)8-9-16-11-12-6-7-12/h12-14H,4-11H2,1-3H3. The number of ether oxygens (including phenoxy) is 1. The van der Waals surface area contributed by atoms with Gasteiger partial charge < -0.3 is 10.1 Å². The molecule has 0 aromatic heterocycles. The zero-order chi connectivity index (χ0) is 11.8. The van der Waals surface area contributed by atoms with E-state index in [0.29, 0.717) is 6.04 Å². The average Bonchev–Trinajstić information content (AvgIpc) is 3.09. The van der Waals surface area contributed by atoms with Crippen molar-refractivity contribution >= 4 is 0 Å². The summed E-state index contributed by atoms with van der Waals surface area (Å²) in [7, 11) is 2.20. The Kier molecular flexibility index (Phi) is 7.01. The first kappa shape index (κ1) is 13.9. The quantitative estimate of drug-likeness (QED) is 0.576. The smallest absolute Gasteiger partial charge is 0.0593 e. The highest BCUT2D eigenvalue weighted by Crippen LogP contribution is 2.28. The summed E-state index contributed by atoms with van der Waals surface area (Å²) in [6.07, 6.45) is 3.97. The molecule has 1 unspecified atom stereocenters. The summed E-state index contributed by atoms with van der Waals surface area (Å²) >= 11 is 0. The van der Waals surface area contributed by atoms with Crippen LogP contribution in [0, 0.1) is 5.92 Å². The van der Waals surface area contributed by atoms with Crippen LogP contribution in [0.5, 0.6) is 0 Å². The fourth-order valence-electron chi connectivity index (χ4n) is 1.85. The van der Waals surface area contributed by atoms with E-state index in [2.05, 4.69) is 31.1 Å². The van der Waals surface area contributed by atoms with Crippen molar-refractivity contribution in [3.63, 3.8) is 0 Å². The minimum Gasteiger partial charge on any atom is -0.380 e. The molecule has 0 aliphatic heterocycles. The summed E-state index contributed by atoms with van der Waals surface area (Å²) in [6.45, 7) is 9.48. The predicted octanol–water partition coefficient (Wildman–Crippen LogP) is 1.73. The fourth-order valence-corrected chi connectivity index (χ4v) is 1.85. The zero-order valence-electron chi connectivity index (χ0n) is 11.2. The summed E-state index contributed by atoms with van der Waals surface area (Å²) in [5, 5.41) is 3.42. The molecule has 0 bridgehead atoms. The maximum absolute atomic E-state index is 5.67. The van der Waals surface area contributed by atoms with E-state index >= 15 is 0 Å². The van der Waals surface area contributed by atoms with Crippen LogP contribution in [-0.4, -0.2) is 50.8 Å². The molecule has 1 aliphatic carbocycles. The molecule has 1 N–H and O–H groups in total. The molecule has 0 spiro atoms. The molecule has 1 rings (SSSR count). The summed E-state index contributed by atoms with van der Waals surface area (Å²) in [5.41, 5.74) is 0. The van der Waals surface area contributed by atoms with Crippen LogP contribution in [0.25, 0.3) is 0 Å². The number of nitrogens with zero attached hydrogens (tertiary/aromatic N) is 1. The maximum Gasteiger partial charge on any atom is 0.0593 e. The van der Waals surface area contributed by atoms with Gasteiger partial charge in [0.25, 0.3) is 0 Å². The van der Waals surface area contributed by atoms with E-state index in [0.717, 1.165) is 38.8 Å². The first-order valence-corrected chi connectivity index (χ1v) is 6.76. The topological polar surface area (TPSA) is 24.5 Å². The Hall–Kier alpha value is -0.120. The minimum atomic E-state index is 0.643. The van der Waals surface area contributed by atoms with E-state index in [1.54, 1.807) is 0 Å². The highest BCUT2D eigenvalue weighted by Gasteiger charge is 2.21. The van der Waals surface area contributed by atoms with E-state index in [1.807, 2.05) is 0 Å². The zero-order valence-corrected chi connectivity index (χ0v) is 11.2. The van der Waals surface area contributed by atoms with Crippen LogP contribution in [0.15, 0.2) is 0 Å². The van der Waals surface area contributed by atoms with Gasteiger partial charge >= 0.3 is 0 Å². The Labute approximate surface area is 101 Å². The lowest BCUT2D eigenvalue weighted by molar-refractivity contribution is 0.0903. The molecular weight excluding hydrogens is 200 g/mol. The van der Waals surface area contributed by atoms with Gasteiger partial charge in [-0.25, -0.2) is 0 Å². The first-order valence-electron chi connectivity index (χ1n) is 6.76. The normalized spacial score (nSPS) is 18.0. The van der Waals surface area contributed by atoms with Crippen molar-refractivity contribution in [3.8, 4) is 0 Å². The molecule has 96 valence electrons. The molecule has 1 atom stereocenters. The lowest BCUT2D eigenvalue weighted by Gasteiger charge is -2.27. The Morgan fingerprint density at radius 3 is 2.69 bits per heavy atom. The van der Waals surface area contributed by atoms with Crippen molar-refractivity contribution in [1.82, 2.24) is 10.2 Å². The van der Waals surface area contributed by atoms with Crippen molar-refractivity contribution < 1.29 is 4.74 Å². The van der Waals surface area contributed by atoms with Gasteiger partial charge in [0.05, 0.1) is 6.61 Å². The predicted molar refractivity (Wildman–Crippen MR) is 68.8 cm³/mol. The van der Waals surface area contributed by atoms with Crippen LogP contribution in [0.4, 0.5) is 0 Å². The van der Waals surface area contributed by atoms with Gasteiger partial charge in [-0.05, 0) is 38.8 Å². The highest BCUT2D eigenvalue weighted by molar-refractivity contribution is 4.72. The van der Waals surface area contributed by atoms with Crippen LogP contribution >= 0.6 is 0 Å². The van der Waals surface area contributed by atoms with Gasteiger partial charge in [-0.1, -0.05) is 13.8 Å². The summed E-state index contributed by atoms with van der Waals surface area (Å²) < 4.78 is 5.67. The minimum absolute atomic E-state index is 0.643. The van der Waals surface area contributed by atoms with Gasteiger partial charge in [-0.2, -0.15) is 0 Å². The average molecular weight is 228 g/mol. The van der Waals surface area contributed by atoms with Gasteiger partial charge in [0, 0.05) is 25.7 Å². The molecule has 0 radical (unpaired) electrons. The summed E-state index contributed by atoms with van der Waals surface area (Å²) in [4.78, 5) is 2.41. The van der Waals surface area contributed by atoms with Crippen LogP contribution in [0.2, 0.25) is 0 Å². The Balaban J connectivity index is 2.02. The molecule has 16 heavy (non-hydrogen) atoms. The number of nitrogens with one attached hydrogen (secondary N) is 1. The Morgan fingerprint density at radius 2 is 2.12 bits per heavy atom. The number of hydrogen-bond acceptors (Lipinski definition) is 3. The van der Waals surface area contributed by atoms with Crippen LogP contribution in [0.3, 0.4) is 0 Å². The van der Waals surface area contributed by atoms with Crippen LogP contribution < -0.4 is 5.32 Å². The number of rotatable bonds is 10. The molecule has 1 fully saturated rings. The summed E-state index contributed by atoms with van der Waals surface area (Å²) in [6, 6.07) is 0.643. The molecule has 0 amide bonds. The molecule has 0 saturated heterocycles. The number of hydrogen-bond donors (Lipinski definition) is 1. The van der Waals surface area contributed by atoms with Crippen molar-refractivity contribution in [1.29, 1.82) is 0 Å². The van der Waals surface area contributed by atoms with Gasteiger partial charge in [-0.15, -0.1) is 0 Å². The molecule has 3 heteroatoms. The highest BCUT2D eigenvalue weighted by atomic mass is 16.5. The van der Waals surface area contributed by atoms with E-state index in [1.165, 1.54) is 19.3 Å². The second kappa shape index (κ2) is 8.04. The summed E-state index contributed by atoms with van der Waals surface area (Å²) in [5.74, 6) is 0.883. The van der Waals surface area contributed by atoms with Crippen molar-refractivity contribution in [2.75, 3.05) is 39.9 Å². The molecule has 1 aliphatic rings. The largest absolute Gasteiger partial charge is 0.380 e. The second-order valence-electron chi connectivity index (χ2n) is 4.87. The van der Waals surface area contributed by atoms with E-state index in [-0.39, 0.29) is 0 Å². The van der Waals surface area contributed by atoms with Crippen molar-refractivity contribution in [2.45, 2.75) is 39.2 Å². The Morgan fingerprint density at radius 1 is 1.38 bits per heavy atom. The van der Waals surface area contributed by atoms with E-state index in [4.69, 9.17) is 4.74 Å². The van der Waals surface area contributed by atoms with Gasteiger partial charge in [0.15, 0.2) is 0 Å². The number of likely N-dealkylation sites (N-methyl/N-ethyl adjacent to an activating group) is 2. The molecule has 1 saturated carbocycles. The second-order valence-corrected chi connectivity index (χ2v) is 4.87. The van der Waals surface area contributed by atoms with Crippen LogP contribution in [0.1, 0.15) is 33.1 Å². The molecule has 0 aromatic rings. The van der Waals surface area contributed by atoms with Crippen molar-refractivity contribution in [2.24, 2.45) is 5.92 Å². The third-order valence-electron chi connectivity index (χ3n) is 3.36. The monoisotopic (exact) mass is 228 g/mol. The lowest BCUT2D eigenvalue weighted by atomic mass is 10.2. The molecule has 0 aromatic carbocycles. The molecule has 3 nitrogen and oxygen atoms in total. The third kappa shape index (κ3) is 5.83. The van der Waals surface area contributed by atoms with Crippen LogP contribution in [-0.2, 0) is 4.74 Å². The third-order valence-corrected chi connectivity index (χ3v) is 3.36. The first-order chi connectivity index (χ1) is 7.77. The maximum atomic E-state index is 5.67. The van der Waals surface area contributed by atoms with E-state index in [9.17, 15) is 0 Å². The molecular formula is C13H28N2O.